The van der Waals surface area contributed by atoms with E-state index >= 15 is 0 Å². The van der Waals surface area contributed by atoms with E-state index in [-0.39, 0.29) is 11.6 Å². The van der Waals surface area contributed by atoms with Crippen molar-refractivity contribution in [2.24, 2.45) is 5.73 Å². The molecule has 6 heteroatoms. The molecule has 0 radical (unpaired) electrons. The van der Waals surface area contributed by atoms with Crippen LogP contribution in [-0.2, 0) is 9.53 Å². The fourth-order valence-corrected chi connectivity index (χ4v) is 1.74. The van der Waals surface area contributed by atoms with Gasteiger partial charge >= 0.3 is 5.97 Å². The lowest BCUT2D eigenvalue weighted by Gasteiger charge is -2.11. The van der Waals surface area contributed by atoms with Crippen LogP contribution in [0.5, 0.6) is 5.75 Å². The molecule has 2 N–H and O–H groups in total. The summed E-state index contributed by atoms with van der Waals surface area (Å²) in [4.78, 5) is 11.3. The fraction of sp³-hybridized carbons (Fsp3) is 0.273. The summed E-state index contributed by atoms with van der Waals surface area (Å²) in [6, 6.07) is 4.97. The molecule has 0 aliphatic rings. The summed E-state index contributed by atoms with van der Waals surface area (Å²) in [6.45, 7) is 1.82. The summed E-state index contributed by atoms with van der Waals surface area (Å²) < 4.78 is 10.0. The lowest BCUT2D eigenvalue weighted by atomic mass is 10.2. The molecule has 0 spiro atoms. The first-order chi connectivity index (χ1) is 8.06. The Morgan fingerprint density at radius 2 is 2.24 bits per heavy atom. The molecule has 0 aliphatic heterocycles. The highest BCUT2D eigenvalue weighted by Crippen LogP contribution is 2.26. The second-order valence-corrected chi connectivity index (χ2v) is 3.92. The Labute approximate surface area is 110 Å². The predicted octanol–water partition coefficient (Wildman–Crippen LogP) is 1.92. The zero-order valence-corrected chi connectivity index (χ0v) is 10.8. The number of benzene rings is 1. The van der Waals surface area contributed by atoms with Gasteiger partial charge in [-0.05, 0) is 19.1 Å². The topological polar surface area (TPSA) is 61.5 Å². The van der Waals surface area contributed by atoms with Crippen LogP contribution in [0.3, 0.4) is 0 Å². The van der Waals surface area contributed by atoms with Crippen LogP contribution in [0, 0.1) is 0 Å². The van der Waals surface area contributed by atoms with Crippen molar-refractivity contribution in [1.82, 2.24) is 0 Å². The maximum atomic E-state index is 11.1. The van der Waals surface area contributed by atoms with Gasteiger partial charge in [-0.25, -0.2) is 4.79 Å². The van der Waals surface area contributed by atoms with Crippen LogP contribution in [0.4, 0.5) is 0 Å². The summed E-state index contributed by atoms with van der Waals surface area (Å²) >= 11 is 10.8. The lowest BCUT2D eigenvalue weighted by molar-refractivity contribution is -0.145. The molecule has 0 aromatic heterocycles. The number of carbonyl (C=O) groups is 1. The van der Waals surface area contributed by atoms with Crippen LogP contribution in [0.25, 0.3) is 0 Å². The first-order valence-corrected chi connectivity index (χ1v) is 5.71. The van der Waals surface area contributed by atoms with Crippen LogP contribution in [-0.4, -0.2) is 24.2 Å². The number of rotatable bonds is 5. The number of hydrogen-bond acceptors (Lipinski definition) is 4. The van der Waals surface area contributed by atoms with Gasteiger partial charge in [0.15, 0.2) is 6.61 Å². The van der Waals surface area contributed by atoms with Gasteiger partial charge in [0, 0.05) is 0 Å². The second kappa shape index (κ2) is 6.42. The van der Waals surface area contributed by atoms with E-state index in [4.69, 9.17) is 39.0 Å². The third-order valence-electron chi connectivity index (χ3n) is 1.87. The van der Waals surface area contributed by atoms with Crippen molar-refractivity contribution >= 4 is 34.8 Å². The first-order valence-electron chi connectivity index (χ1n) is 4.93. The summed E-state index contributed by atoms with van der Waals surface area (Å²) in [7, 11) is 0. The standard InChI is InChI=1S/C11H12ClNO3S/c1-2-15-9(14)6-16-8-5-3-4-7(12)10(8)11(13)17/h3-5H,2,6H2,1H3,(H2,13,17). The highest BCUT2D eigenvalue weighted by atomic mass is 35.5. The van der Waals surface area contributed by atoms with E-state index in [1.807, 2.05) is 0 Å². The number of halogens is 1. The Bertz CT molecular complexity index is 437. The molecular formula is C11H12ClNO3S. The summed E-state index contributed by atoms with van der Waals surface area (Å²) in [5.41, 5.74) is 5.96. The van der Waals surface area contributed by atoms with Crippen molar-refractivity contribution in [3.05, 3.63) is 28.8 Å². The van der Waals surface area contributed by atoms with Crippen molar-refractivity contribution in [2.45, 2.75) is 6.92 Å². The van der Waals surface area contributed by atoms with Gasteiger partial charge in [0.05, 0.1) is 17.2 Å². The van der Waals surface area contributed by atoms with E-state index in [2.05, 4.69) is 0 Å². The van der Waals surface area contributed by atoms with Crippen molar-refractivity contribution in [1.29, 1.82) is 0 Å². The highest BCUT2D eigenvalue weighted by Gasteiger charge is 2.12. The van der Waals surface area contributed by atoms with Crippen molar-refractivity contribution in [2.75, 3.05) is 13.2 Å². The minimum Gasteiger partial charge on any atom is -0.481 e. The second-order valence-electron chi connectivity index (χ2n) is 3.07. The van der Waals surface area contributed by atoms with E-state index in [0.29, 0.717) is 22.9 Å². The van der Waals surface area contributed by atoms with Gasteiger partial charge < -0.3 is 15.2 Å². The molecule has 0 unspecified atom stereocenters. The molecule has 0 atom stereocenters. The Morgan fingerprint density at radius 1 is 1.53 bits per heavy atom. The van der Waals surface area contributed by atoms with E-state index < -0.39 is 5.97 Å². The van der Waals surface area contributed by atoms with E-state index in [9.17, 15) is 4.79 Å². The Balaban J connectivity index is 2.81. The maximum Gasteiger partial charge on any atom is 0.344 e. The van der Waals surface area contributed by atoms with Crippen LogP contribution in [0.15, 0.2) is 18.2 Å². The molecule has 0 heterocycles. The number of hydrogen-bond donors (Lipinski definition) is 1. The Hall–Kier alpha value is -1.33. The summed E-state index contributed by atoms with van der Waals surface area (Å²) in [5.74, 6) is -0.0839. The summed E-state index contributed by atoms with van der Waals surface area (Å²) in [6.07, 6.45) is 0. The molecule has 4 nitrogen and oxygen atoms in total. The monoisotopic (exact) mass is 273 g/mol. The van der Waals surface area contributed by atoms with Crippen molar-refractivity contribution in [3.63, 3.8) is 0 Å². The zero-order chi connectivity index (χ0) is 12.8. The van der Waals surface area contributed by atoms with Crippen molar-refractivity contribution in [3.8, 4) is 5.75 Å². The number of carbonyl (C=O) groups excluding carboxylic acids is 1. The molecule has 0 aliphatic carbocycles. The molecule has 1 aromatic rings. The van der Waals surface area contributed by atoms with Crippen LogP contribution in [0.1, 0.15) is 12.5 Å². The van der Waals surface area contributed by atoms with Crippen LogP contribution in [0.2, 0.25) is 5.02 Å². The van der Waals surface area contributed by atoms with Crippen LogP contribution >= 0.6 is 23.8 Å². The minimum absolute atomic E-state index is 0.120. The van der Waals surface area contributed by atoms with Gasteiger partial charge in [-0.1, -0.05) is 29.9 Å². The van der Waals surface area contributed by atoms with E-state index in [0.717, 1.165) is 0 Å². The molecule has 0 saturated heterocycles. The van der Waals surface area contributed by atoms with Crippen LogP contribution < -0.4 is 10.5 Å². The Kier molecular flexibility index (Phi) is 5.18. The smallest absolute Gasteiger partial charge is 0.344 e. The molecule has 0 saturated carbocycles. The van der Waals surface area contributed by atoms with Gasteiger partial charge in [0.25, 0.3) is 0 Å². The van der Waals surface area contributed by atoms with Gasteiger partial charge in [-0.2, -0.15) is 0 Å². The van der Waals surface area contributed by atoms with E-state index in [1.54, 1.807) is 25.1 Å². The largest absolute Gasteiger partial charge is 0.481 e. The normalized spacial score (nSPS) is 9.76. The molecule has 92 valence electrons. The average molecular weight is 274 g/mol. The highest BCUT2D eigenvalue weighted by molar-refractivity contribution is 7.80. The number of thiocarbonyl (C=S) groups is 1. The molecule has 17 heavy (non-hydrogen) atoms. The quantitative estimate of drug-likeness (QED) is 0.656. The summed E-state index contributed by atoms with van der Waals surface area (Å²) in [5, 5.41) is 0.388. The Morgan fingerprint density at radius 3 is 2.82 bits per heavy atom. The molecular weight excluding hydrogens is 262 g/mol. The number of ether oxygens (including phenoxy) is 2. The maximum absolute atomic E-state index is 11.1. The van der Waals surface area contributed by atoms with E-state index in [1.165, 1.54) is 0 Å². The third kappa shape index (κ3) is 3.87. The van der Waals surface area contributed by atoms with Gasteiger partial charge in [0.1, 0.15) is 10.7 Å². The SMILES string of the molecule is CCOC(=O)COc1cccc(Cl)c1C(N)=S. The lowest BCUT2D eigenvalue weighted by Crippen LogP contribution is -2.17. The minimum atomic E-state index is -0.457. The van der Waals surface area contributed by atoms with Crippen molar-refractivity contribution < 1.29 is 14.3 Å². The fourth-order valence-electron chi connectivity index (χ4n) is 1.20. The van der Waals surface area contributed by atoms with Gasteiger partial charge in [0.2, 0.25) is 0 Å². The molecule has 1 rings (SSSR count). The first kappa shape index (κ1) is 13.7. The molecule has 1 aromatic carbocycles. The van der Waals surface area contributed by atoms with Gasteiger partial charge in [-0.3, -0.25) is 0 Å². The van der Waals surface area contributed by atoms with Gasteiger partial charge in [-0.15, -0.1) is 0 Å². The number of nitrogens with two attached hydrogens (primary N) is 1. The molecule has 0 amide bonds. The zero-order valence-electron chi connectivity index (χ0n) is 9.23. The average Bonchev–Trinajstić information content (AvgIpc) is 2.26. The molecule has 0 fully saturated rings. The number of esters is 1. The predicted molar refractivity (Wildman–Crippen MR) is 69.5 cm³/mol. The molecule has 0 bridgehead atoms. The third-order valence-corrected chi connectivity index (χ3v) is 2.39.